The van der Waals surface area contributed by atoms with Gasteiger partial charge in [0.2, 0.25) is 0 Å². The molecule has 6 heteroatoms. The Hall–Kier alpha value is -1.91. The van der Waals surface area contributed by atoms with Gasteiger partial charge in [0.05, 0.1) is 12.2 Å². The highest BCUT2D eigenvalue weighted by molar-refractivity contribution is 6.32. The van der Waals surface area contributed by atoms with Gasteiger partial charge in [-0.1, -0.05) is 23.2 Å². The number of carboxylic acid groups (broad SMARTS) is 1. The maximum atomic E-state index is 11.2. The number of halogens is 2. The molecular weight excluding hydrogens is 361 g/mol. The van der Waals surface area contributed by atoms with Crippen molar-refractivity contribution in [1.82, 2.24) is 0 Å². The summed E-state index contributed by atoms with van der Waals surface area (Å²) in [5, 5.41) is 13.5. The summed E-state index contributed by atoms with van der Waals surface area (Å²) < 4.78 is 5.75. The lowest BCUT2D eigenvalue weighted by Crippen LogP contribution is -2.09. The average Bonchev–Trinajstić information content (AvgIpc) is 2.56. The number of ether oxygens (including phenoxy) is 1. The lowest BCUT2D eigenvalue weighted by molar-refractivity contribution is 0.0698. The highest BCUT2D eigenvalue weighted by Gasteiger charge is 2.10. The largest absolute Gasteiger partial charge is 0.494 e. The first-order valence-corrected chi connectivity index (χ1v) is 8.80. The Morgan fingerprint density at radius 3 is 2.44 bits per heavy atom. The summed E-state index contributed by atoms with van der Waals surface area (Å²) in [5.74, 6) is -0.181. The normalized spacial score (nSPS) is 10.6. The average molecular weight is 382 g/mol. The Kier molecular flexibility index (Phi) is 6.97. The Balaban J connectivity index is 1.77. The van der Waals surface area contributed by atoms with Gasteiger partial charge in [-0.3, -0.25) is 0 Å². The molecule has 0 amide bonds. The molecule has 25 heavy (non-hydrogen) atoms. The van der Waals surface area contributed by atoms with Crippen LogP contribution in [0.15, 0.2) is 30.3 Å². The Morgan fingerprint density at radius 2 is 1.80 bits per heavy atom. The van der Waals surface area contributed by atoms with Crippen LogP contribution in [-0.4, -0.2) is 24.2 Å². The van der Waals surface area contributed by atoms with Crippen molar-refractivity contribution in [2.75, 3.05) is 18.5 Å². The van der Waals surface area contributed by atoms with Crippen LogP contribution in [0.25, 0.3) is 0 Å². The van der Waals surface area contributed by atoms with Crippen molar-refractivity contribution < 1.29 is 14.6 Å². The van der Waals surface area contributed by atoms with Gasteiger partial charge in [-0.05, 0) is 68.1 Å². The zero-order valence-corrected chi connectivity index (χ0v) is 15.7. The van der Waals surface area contributed by atoms with E-state index < -0.39 is 5.97 Å². The molecule has 2 aromatic rings. The second-order valence-corrected chi connectivity index (χ2v) is 6.66. The zero-order valence-electron chi connectivity index (χ0n) is 14.2. The van der Waals surface area contributed by atoms with Gasteiger partial charge in [0.25, 0.3) is 0 Å². The number of hydrogen-bond donors (Lipinski definition) is 2. The van der Waals surface area contributed by atoms with E-state index in [1.54, 1.807) is 12.1 Å². The Morgan fingerprint density at radius 1 is 1.12 bits per heavy atom. The van der Waals surface area contributed by atoms with E-state index in [0.29, 0.717) is 23.9 Å². The molecule has 0 spiro atoms. The number of carbonyl (C=O) groups is 1. The van der Waals surface area contributed by atoms with Crippen molar-refractivity contribution in [3.05, 3.63) is 57.1 Å². The highest BCUT2D eigenvalue weighted by atomic mass is 35.5. The fourth-order valence-electron chi connectivity index (χ4n) is 2.48. The van der Waals surface area contributed by atoms with Crippen LogP contribution in [-0.2, 0) is 0 Å². The van der Waals surface area contributed by atoms with Crippen molar-refractivity contribution in [3.63, 3.8) is 0 Å². The second-order valence-electron chi connectivity index (χ2n) is 5.85. The molecule has 2 N–H and O–H groups in total. The minimum atomic E-state index is -0.998. The number of anilines is 1. The number of carboxylic acids is 1. The van der Waals surface area contributed by atoms with Crippen LogP contribution in [0.1, 0.15) is 34.3 Å². The molecule has 4 nitrogen and oxygen atoms in total. The van der Waals surface area contributed by atoms with E-state index in [0.717, 1.165) is 34.7 Å². The number of aromatic carboxylic acids is 1. The molecule has 0 aromatic heterocycles. The van der Waals surface area contributed by atoms with Crippen molar-refractivity contribution in [2.45, 2.75) is 26.7 Å². The lowest BCUT2D eigenvalue weighted by Gasteiger charge is -2.11. The van der Waals surface area contributed by atoms with Crippen LogP contribution in [0.5, 0.6) is 5.75 Å². The lowest BCUT2D eigenvalue weighted by atomic mass is 10.1. The monoisotopic (exact) mass is 381 g/mol. The minimum Gasteiger partial charge on any atom is -0.494 e. The summed E-state index contributed by atoms with van der Waals surface area (Å²) in [6.45, 7) is 5.16. The molecule has 134 valence electrons. The SMILES string of the molecule is Cc1cc(OCCCCNc2ccc(Cl)cc2C(=O)O)cc(C)c1Cl. The van der Waals surface area contributed by atoms with Crippen LogP contribution >= 0.6 is 23.2 Å². The van der Waals surface area contributed by atoms with Crippen molar-refractivity contribution in [2.24, 2.45) is 0 Å². The molecule has 0 heterocycles. The number of nitrogens with one attached hydrogen (secondary N) is 1. The van der Waals surface area contributed by atoms with Gasteiger partial charge in [0, 0.05) is 22.3 Å². The number of benzene rings is 2. The molecule has 0 radical (unpaired) electrons. The van der Waals surface area contributed by atoms with Crippen molar-refractivity contribution in [1.29, 1.82) is 0 Å². The van der Waals surface area contributed by atoms with E-state index in [4.69, 9.17) is 27.9 Å². The molecular formula is C19H21Cl2NO3. The summed E-state index contributed by atoms with van der Waals surface area (Å²) in [5.41, 5.74) is 2.75. The van der Waals surface area contributed by atoms with Gasteiger partial charge < -0.3 is 15.2 Å². The fourth-order valence-corrected chi connectivity index (χ4v) is 2.76. The van der Waals surface area contributed by atoms with E-state index in [-0.39, 0.29) is 5.56 Å². The molecule has 0 saturated carbocycles. The van der Waals surface area contributed by atoms with Crippen LogP contribution < -0.4 is 10.1 Å². The van der Waals surface area contributed by atoms with Crippen molar-refractivity contribution >= 4 is 34.9 Å². The molecule has 0 unspecified atom stereocenters. The van der Waals surface area contributed by atoms with Crippen LogP contribution in [0.4, 0.5) is 5.69 Å². The molecule has 0 atom stereocenters. The predicted octanol–water partition coefficient (Wildman–Crippen LogP) is 5.58. The molecule has 0 saturated heterocycles. The first-order chi connectivity index (χ1) is 11.9. The first-order valence-electron chi connectivity index (χ1n) is 8.04. The van der Waals surface area contributed by atoms with Crippen molar-refractivity contribution in [3.8, 4) is 5.75 Å². The molecule has 0 aliphatic heterocycles. The van der Waals surface area contributed by atoms with E-state index in [2.05, 4.69) is 5.32 Å². The number of hydrogen-bond acceptors (Lipinski definition) is 3. The molecule has 2 aromatic carbocycles. The van der Waals surface area contributed by atoms with Crippen LogP contribution in [0.2, 0.25) is 10.0 Å². The number of rotatable bonds is 8. The maximum Gasteiger partial charge on any atom is 0.337 e. The molecule has 0 aliphatic carbocycles. The summed E-state index contributed by atoms with van der Waals surface area (Å²) in [6, 6.07) is 8.66. The Labute approximate surface area is 157 Å². The van der Waals surface area contributed by atoms with E-state index in [1.165, 1.54) is 6.07 Å². The van der Waals surface area contributed by atoms with Gasteiger partial charge in [-0.25, -0.2) is 4.79 Å². The van der Waals surface area contributed by atoms with Gasteiger partial charge in [0.1, 0.15) is 5.75 Å². The highest BCUT2D eigenvalue weighted by Crippen LogP contribution is 2.26. The van der Waals surface area contributed by atoms with E-state index >= 15 is 0 Å². The molecule has 0 bridgehead atoms. The van der Waals surface area contributed by atoms with Gasteiger partial charge in [-0.15, -0.1) is 0 Å². The van der Waals surface area contributed by atoms with Crippen LogP contribution in [0.3, 0.4) is 0 Å². The fraction of sp³-hybridized carbons (Fsp3) is 0.316. The molecule has 0 aliphatic rings. The van der Waals surface area contributed by atoms with Crippen LogP contribution in [0, 0.1) is 13.8 Å². The minimum absolute atomic E-state index is 0.177. The zero-order chi connectivity index (χ0) is 18.4. The second kappa shape index (κ2) is 8.97. The first kappa shape index (κ1) is 19.4. The third-order valence-corrected chi connectivity index (χ3v) is 4.61. The quantitative estimate of drug-likeness (QED) is 0.585. The number of aryl methyl sites for hydroxylation is 2. The number of unbranched alkanes of at least 4 members (excludes halogenated alkanes) is 1. The topological polar surface area (TPSA) is 58.6 Å². The molecule has 2 rings (SSSR count). The summed E-state index contributed by atoms with van der Waals surface area (Å²) in [4.78, 5) is 11.2. The third kappa shape index (κ3) is 5.55. The van der Waals surface area contributed by atoms with E-state index in [1.807, 2.05) is 26.0 Å². The summed E-state index contributed by atoms with van der Waals surface area (Å²) in [7, 11) is 0. The summed E-state index contributed by atoms with van der Waals surface area (Å²) in [6.07, 6.45) is 1.71. The predicted molar refractivity (Wildman–Crippen MR) is 103 cm³/mol. The Bertz CT molecular complexity index is 739. The van der Waals surface area contributed by atoms with E-state index in [9.17, 15) is 9.90 Å². The standard InChI is InChI=1S/C19H21Cl2NO3/c1-12-9-15(10-13(2)18(12)21)25-8-4-3-7-22-17-6-5-14(20)11-16(17)19(23)24/h5-6,9-11,22H,3-4,7-8H2,1-2H3,(H,23,24). The van der Waals surface area contributed by atoms with Gasteiger partial charge in [-0.2, -0.15) is 0 Å². The summed E-state index contributed by atoms with van der Waals surface area (Å²) >= 11 is 12.0. The maximum absolute atomic E-state index is 11.2. The van der Waals surface area contributed by atoms with Gasteiger partial charge >= 0.3 is 5.97 Å². The third-order valence-electron chi connectivity index (χ3n) is 3.78. The van der Waals surface area contributed by atoms with Gasteiger partial charge in [0.15, 0.2) is 0 Å². The smallest absolute Gasteiger partial charge is 0.337 e. The molecule has 0 fully saturated rings.